The van der Waals surface area contributed by atoms with Crippen LogP contribution < -0.4 is 16.9 Å². The number of hydrogen-bond acceptors (Lipinski definition) is 8. The number of rotatable bonds is 7. The largest absolute Gasteiger partial charge is 0.397 e. The molecule has 11 nitrogen and oxygen atoms in total. The third kappa shape index (κ3) is 5.36. The second-order valence-electron chi connectivity index (χ2n) is 9.58. The lowest BCUT2D eigenvalue weighted by atomic mass is 9.91. The molecule has 0 aromatic carbocycles. The molecule has 190 valence electrons. The molecular formula is C26H29N9O2. The number of carbonyl (C=O) groups excluding carboxylic acids is 2. The van der Waals surface area contributed by atoms with Gasteiger partial charge in [0.25, 0.3) is 5.91 Å². The highest BCUT2D eigenvalue weighted by Crippen LogP contribution is 2.52. The number of hydrogen-bond donors (Lipinski definition) is 4. The Bertz CT molecular complexity index is 1330. The van der Waals surface area contributed by atoms with Crippen molar-refractivity contribution in [1.29, 1.82) is 0 Å². The summed E-state index contributed by atoms with van der Waals surface area (Å²) >= 11 is 0. The number of hydrazine groups is 1. The molecule has 1 aliphatic carbocycles. The number of H-pyrrole nitrogens is 1. The number of piperidine rings is 1. The maximum atomic E-state index is 12.7. The number of pyridine rings is 2. The van der Waals surface area contributed by atoms with Gasteiger partial charge in [-0.1, -0.05) is 12.6 Å². The summed E-state index contributed by atoms with van der Waals surface area (Å²) in [5, 5.41) is 11.1. The van der Waals surface area contributed by atoms with Crippen LogP contribution >= 0.6 is 0 Å². The number of aromatic nitrogens is 4. The number of nitrogens with two attached hydrogens (primary N) is 2. The summed E-state index contributed by atoms with van der Waals surface area (Å²) in [6.07, 6.45) is 9.31. The zero-order valence-electron chi connectivity index (χ0n) is 20.3. The van der Waals surface area contributed by atoms with Crippen LogP contribution in [0.4, 0.5) is 5.82 Å². The monoisotopic (exact) mass is 499 g/mol. The van der Waals surface area contributed by atoms with Gasteiger partial charge >= 0.3 is 0 Å². The second kappa shape index (κ2) is 9.86. The fraction of sp³-hybridized carbons (Fsp3) is 0.269. The summed E-state index contributed by atoms with van der Waals surface area (Å²) in [6, 6.07) is 10.3. The first-order valence-corrected chi connectivity index (χ1v) is 12.0. The van der Waals surface area contributed by atoms with Crippen LogP contribution in [0.2, 0.25) is 0 Å². The van der Waals surface area contributed by atoms with E-state index in [0.717, 1.165) is 25.8 Å². The molecule has 2 aliphatic rings. The van der Waals surface area contributed by atoms with Crippen LogP contribution in [0.1, 0.15) is 35.3 Å². The minimum absolute atomic E-state index is 0.0461. The summed E-state index contributed by atoms with van der Waals surface area (Å²) in [4.78, 5) is 35.4. The first-order chi connectivity index (χ1) is 17.9. The topological polar surface area (TPSA) is 159 Å². The molecule has 1 saturated carbocycles. The van der Waals surface area contributed by atoms with Crippen LogP contribution in [0.25, 0.3) is 17.1 Å². The molecule has 2 fully saturated rings. The van der Waals surface area contributed by atoms with Crippen molar-refractivity contribution in [2.24, 2.45) is 17.0 Å². The van der Waals surface area contributed by atoms with E-state index in [1.165, 1.54) is 6.08 Å². The van der Waals surface area contributed by atoms with Crippen molar-refractivity contribution >= 4 is 23.3 Å². The van der Waals surface area contributed by atoms with Crippen LogP contribution in [0.5, 0.6) is 0 Å². The van der Waals surface area contributed by atoms with Crippen molar-refractivity contribution in [2.75, 3.05) is 18.4 Å². The minimum atomic E-state index is -0.386. The van der Waals surface area contributed by atoms with Crippen LogP contribution in [0, 0.1) is 5.41 Å². The number of nitrogens with one attached hydrogen (secondary N) is 2. The Morgan fingerprint density at radius 2 is 2.08 bits per heavy atom. The Balaban J connectivity index is 1.23. The summed E-state index contributed by atoms with van der Waals surface area (Å²) in [5.74, 6) is 6.27. The SMILES string of the molecule is C=CC(=O)N1CC(N(N)/C=C(\N)c2ccc(NC(=O)c3cccc(-c4ccn[nH]4)n3)nc2)CC2(CC2)C1. The van der Waals surface area contributed by atoms with Gasteiger partial charge in [0.1, 0.15) is 11.5 Å². The maximum absolute atomic E-state index is 12.7. The number of carbonyl (C=O) groups is 2. The molecule has 11 heteroatoms. The highest BCUT2D eigenvalue weighted by Gasteiger charge is 2.50. The smallest absolute Gasteiger partial charge is 0.275 e. The molecule has 6 N–H and O–H groups in total. The number of amides is 2. The standard InChI is InChI=1S/C26H29N9O2/c1-2-24(36)34-14-18(12-26(16-34)9-10-26)35(28)15-19(27)17-6-7-23(29-13-17)32-25(37)22-5-3-4-20(31-22)21-8-11-30-33-21/h2-8,11,13,15,18H,1,9-10,12,14,16,27-28H2,(H,30,33)(H,29,32,37)/b19-15-. The lowest BCUT2D eigenvalue weighted by Crippen LogP contribution is -2.53. The number of likely N-dealkylation sites (tertiary alicyclic amines) is 1. The molecule has 0 radical (unpaired) electrons. The van der Waals surface area contributed by atoms with Gasteiger partial charge in [0.15, 0.2) is 0 Å². The Labute approximate surface area is 214 Å². The lowest BCUT2D eigenvalue weighted by Gasteiger charge is -2.41. The molecule has 1 saturated heterocycles. The quantitative estimate of drug-likeness (QED) is 0.218. The van der Waals surface area contributed by atoms with E-state index in [1.807, 2.05) is 4.90 Å². The first kappa shape index (κ1) is 24.2. The van der Waals surface area contributed by atoms with Crippen LogP contribution in [0.3, 0.4) is 0 Å². The van der Waals surface area contributed by atoms with Crippen molar-refractivity contribution in [1.82, 2.24) is 30.1 Å². The van der Waals surface area contributed by atoms with Crippen LogP contribution in [-0.4, -0.2) is 61.0 Å². The van der Waals surface area contributed by atoms with Crippen molar-refractivity contribution in [3.63, 3.8) is 0 Å². The van der Waals surface area contributed by atoms with Crippen LogP contribution in [-0.2, 0) is 4.79 Å². The molecule has 1 atom stereocenters. The highest BCUT2D eigenvalue weighted by atomic mass is 16.2. The van der Waals surface area contributed by atoms with E-state index in [2.05, 4.69) is 32.1 Å². The Hall–Kier alpha value is -4.51. The van der Waals surface area contributed by atoms with Gasteiger partial charge in [-0.3, -0.25) is 14.7 Å². The molecule has 4 heterocycles. The van der Waals surface area contributed by atoms with E-state index in [4.69, 9.17) is 11.6 Å². The van der Waals surface area contributed by atoms with Gasteiger partial charge in [-0.25, -0.2) is 15.8 Å². The van der Waals surface area contributed by atoms with Crippen molar-refractivity contribution in [3.05, 3.63) is 78.9 Å². The summed E-state index contributed by atoms with van der Waals surface area (Å²) in [6.45, 7) is 4.88. The number of nitrogens with zero attached hydrogens (tertiary/aromatic N) is 5. The average molecular weight is 500 g/mol. The minimum Gasteiger partial charge on any atom is -0.397 e. The molecule has 1 spiro atoms. The zero-order valence-corrected chi connectivity index (χ0v) is 20.3. The van der Waals surface area contributed by atoms with E-state index in [0.29, 0.717) is 35.0 Å². The lowest BCUT2D eigenvalue weighted by molar-refractivity contribution is -0.129. The van der Waals surface area contributed by atoms with Crippen molar-refractivity contribution in [2.45, 2.75) is 25.3 Å². The van der Waals surface area contributed by atoms with E-state index < -0.39 is 0 Å². The molecule has 0 bridgehead atoms. The molecule has 3 aromatic heterocycles. The molecule has 3 aromatic rings. The summed E-state index contributed by atoms with van der Waals surface area (Å²) < 4.78 is 0. The predicted octanol–water partition coefficient (Wildman–Crippen LogP) is 2.12. The number of anilines is 1. The van der Waals surface area contributed by atoms with E-state index in [-0.39, 0.29) is 29.0 Å². The predicted molar refractivity (Wildman–Crippen MR) is 139 cm³/mol. The van der Waals surface area contributed by atoms with Gasteiger partial charge in [0, 0.05) is 37.2 Å². The molecule has 1 aliphatic heterocycles. The first-order valence-electron chi connectivity index (χ1n) is 12.0. The zero-order chi connectivity index (χ0) is 26.0. The van der Waals surface area contributed by atoms with Gasteiger partial charge < -0.3 is 21.0 Å². The Kier molecular flexibility index (Phi) is 6.45. The maximum Gasteiger partial charge on any atom is 0.275 e. The fourth-order valence-corrected chi connectivity index (χ4v) is 4.66. The Morgan fingerprint density at radius 1 is 1.24 bits per heavy atom. The normalized spacial score (nSPS) is 18.4. The third-order valence-electron chi connectivity index (χ3n) is 6.88. The Morgan fingerprint density at radius 3 is 2.76 bits per heavy atom. The highest BCUT2D eigenvalue weighted by molar-refractivity contribution is 6.02. The molecule has 5 rings (SSSR count). The number of aromatic amines is 1. The van der Waals surface area contributed by atoms with Gasteiger partial charge in [0.05, 0.1) is 23.1 Å². The molecule has 1 unspecified atom stereocenters. The van der Waals surface area contributed by atoms with Gasteiger partial charge in [-0.2, -0.15) is 5.10 Å². The molecule has 37 heavy (non-hydrogen) atoms. The second-order valence-corrected chi connectivity index (χ2v) is 9.58. The van der Waals surface area contributed by atoms with Gasteiger partial charge in [-0.05, 0) is 61.1 Å². The molecule has 2 amide bonds. The van der Waals surface area contributed by atoms with Crippen molar-refractivity contribution < 1.29 is 9.59 Å². The third-order valence-corrected chi connectivity index (χ3v) is 6.88. The van der Waals surface area contributed by atoms with E-state index in [9.17, 15) is 9.59 Å². The summed E-state index contributed by atoms with van der Waals surface area (Å²) in [5.41, 5.74) is 9.12. The van der Waals surface area contributed by atoms with Crippen LogP contribution in [0.15, 0.2) is 67.6 Å². The van der Waals surface area contributed by atoms with Crippen molar-refractivity contribution in [3.8, 4) is 11.4 Å². The average Bonchev–Trinajstić information content (AvgIpc) is 3.41. The summed E-state index contributed by atoms with van der Waals surface area (Å²) in [7, 11) is 0. The fourth-order valence-electron chi connectivity index (χ4n) is 4.66. The van der Waals surface area contributed by atoms with Gasteiger partial charge in [-0.15, -0.1) is 0 Å². The van der Waals surface area contributed by atoms with E-state index >= 15 is 0 Å². The van der Waals surface area contributed by atoms with E-state index in [1.54, 1.807) is 60.0 Å². The molecular weight excluding hydrogens is 470 g/mol. The van der Waals surface area contributed by atoms with Gasteiger partial charge in [0.2, 0.25) is 5.91 Å².